The molecule has 2 heteroatoms. The third-order valence-electron chi connectivity index (χ3n) is 1.77. The van der Waals surface area contributed by atoms with E-state index in [9.17, 15) is 0 Å². The van der Waals surface area contributed by atoms with Crippen LogP contribution in [0, 0.1) is 12.8 Å². The fourth-order valence-electron chi connectivity index (χ4n) is 0.986. The van der Waals surface area contributed by atoms with Crippen LogP contribution in [0.1, 0.15) is 39.5 Å². The molecular formula is C8H20MgN+. The van der Waals surface area contributed by atoms with Gasteiger partial charge in [0.1, 0.15) is 0 Å². The summed E-state index contributed by atoms with van der Waals surface area (Å²) in [5.74, 6) is 0.937. The fraction of sp³-hybridized carbons (Fsp3) is 0.875. The molecule has 0 bridgehead atoms. The van der Waals surface area contributed by atoms with E-state index in [0.717, 1.165) is 12.3 Å². The molecule has 0 aromatic heterocycles. The summed E-state index contributed by atoms with van der Waals surface area (Å²) in [6.07, 6.45) is 5.07. The number of rotatable bonds is 4. The van der Waals surface area contributed by atoms with Crippen molar-refractivity contribution in [1.29, 1.82) is 0 Å². The van der Waals surface area contributed by atoms with Crippen LogP contribution in [0.2, 0.25) is 0 Å². The minimum absolute atomic E-state index is 0. The van der Waals surface area contributed by atoms with Crippen LogP contribution < -0.4 is 6.15 Å². The van der Waals surface area contributed by atoms with Crippen molar-refractivity contribution in [3.63, 3.8) is 0 Å². The third kappa shape index (κ3) is 8.73. The second-order valence-corrected chi connectivity index (χ2v) is 2.32. The molecule has 3 N–H and O–H groups in total. The Morgan fingerprint density at radius 2 is 1.60 bits per heavy atom. The van der Waals surface area contributed by atoms with Crippen molar-refractivity contribution < 1.29 is 0 Å². The van der Waals surface area contributed by atoms with Crippen molar-refractivity contribution in [2.24, 2.45) is 5.92 Å². The molecule has 0 aromatic carbocycles. The summed E-state index contributed by atoms with van der Waals surface area (Å²) in [4.78, 5) is 0. The Labute approximate surface area is 81.7 Å². The molecule has 0 aliphatic rings. The van der Waals surface area contributed by atoms with Crippen LogP contribution in [-0.4, -0.2) is 23.1 Å². The zero-order chi connectivity index (χ0) is 6.41. The number of hydrogen-bond acceptors (Lipinski definition) is 1. The molecule has 0 unspecified atom stereocenters. The van der Waals surface area contributed by atoms with Crippen LogP contribution in [0.25, 0.3) is 0 Å². The summed E-state index contributed by atoms with van der Waals surface area (Å²) < 4.78 is 0. The van der Waals surface area contributed by atoms with Crippen molar-refractivity contribution >= 4 is 23.1 Å². The van der Waals surface area contributed by atoms with Gasteiger partial charge in [-0.25, -0.2) is 0 Å². The first-order chi connectivity index (χ1) is 3.85. The topological polar surface area (TPSA) is 35.0 Å². The third-order valence-corrected chi connectivity index (χ3v) is 1.77. The first-order valence-corrected chi connectivity index (χ1v) is 3.64. The Bertz CT molecular complexity index is 44.5. The average molecular weight is 155 g/mol. The summed E-state index contributed by atoms with van der Waals surface area (Å²) >= 11 is 0. The first-order valence-electron chi connectivity index (χ1n) is 3.64. The molecule has 0 saturated carbocycles. The van der Waals surface area contributed by atoms with E-state index in [1.54, 1.807) is 0 Å². The van der Waals surface area contributed by atoms with Gasteiger partial charge in [0.15, 0.2) is 0 Å². The van der Waals surface area contributed by atoms with E-state index >= 15 is 0 Å². The molecule has 0 fully saturated rings. The van der Waals surface area contributed by atoms with Crippen LogP contribution in [0.5, 0.6) is 0 Å². The molecule has 0 heterocycles. The van der Waals surface area contributed by atoms with Crippen molar-refractivity contribution in [3.05, 3.63) is 6.92 Å². The zero-order valence-electron chi connectivity index (χ0n) is 7.53. The predicted molar refractivity (Wildman–Crippen MR) is 49.4 cm³/mol. The van der Waals surface area contributed by atoms with Gasteiger partial charge in [-0.2, -0.15) is 6.42 Å². The van der Waals surface area contributed by atoms with Gasteiger partial charge in [0.2, 0.25) is 0 Å². The summed E-state index contributed by atoms with van der Waals surface area (Å²) in [6, 6.07) is 0. The van der Waals surface area contributed by atoms with Crippen LogP contribution in [0.15, 0.2) is 0 Å². The molecule has 0 saturated heterocycles. The van der Waals surface area contributed by atoms with Gasteiger partial charge < -0.3 is 13.1 Å². The van der Waals surface area contributed by atoms with Crippen molar-refractivity contribution in [3.8, 4) is 0 Å². The molecular weight excluding hydrogens is 134 g/mol. The quantitative estimate of drug-likeness (QED) is 0.491. The van der Waals surface area contributed by atoms with E-state index in [0.29, 0.717) is 0 Å². The van der Waals surface area contributed by atoms with E-state index in [1.165, 1.54) is 19.3 Å². The molecule has 10 heavy (non-hydrogen) atoms. The largest absolute Gasteiger partial charge is 2.00 e. The second-order valence-electron chi connectivity index (χ2n) is 2.32. The molecule has 0 aliphatic carbocycles. The number of hydrogen-bond donors (Lipinski definition) is 1. The molecule has 0 atom stereocenters. The Hall–Kier alpha value is 0.726. The van der Waals surface area contributed by atoms with Gasteiger partial charge in [0.25, 0.3) is 0 Å². The van der Waals surface area contributed by atoms with Crippen LogP contribution in [0.3, 0.4) is 0 Å². The zero-order valence-corrected chi connectivity index (χ0v) is 8.94. The molecule has 0 amide bonds. The normalized spacial score (nSPS) is 8.40. The molecule has 0 radical (unpaired) electrons. The van der Waals surface area contributed by atoms with Crippen molar-refractivity contribution in [2.75, 3.05) is 0 Å². The van der Waals surface area contributed by atoms with Gasteiger partial charge in [-0.3, -0.25) is 0 Å². The maximum Gasteiger partial charge on any atom is 2.00 e. The smallest absolute Gasteiger partial charge is 0.344 e. The maximum atomic E-state index is 3.82. The maximum absolute atomic E-state index is 3.82. The monoisotopic (exact) mass is 154 g/mol. The van der Waals surface area contributed by atoms with Crippen molar-refractivity contribution in [1.82, 2.24) is 6.15 Å². The Morgan fingerprint density at radius 1 is 1.20 bits per heavy atom. The predicted octanol–water partition coefficient (Wildman–Crippen LogP) is 2.82. The van der Waals surface area contributed by atoms with E-state index < -0.39 is 0 Å². The van der Waals surface area contributed by atoms with Crippen LogP contribution >= 0.6 is 0 Å². The molecule has 0 spiro atoms. The van der Waals surface area contributed by atoms with Crippen molar-refractivity contribution in [2.45, 2.75) is 39.5 Å². The minimum atomic E-state index is 0. The van der Waals surface area contributed by atoms with Gasteiger partial charge in [0, 0.05) is 0 Å². The minimum Gasteiger partial charge on any atom is -0.344 e. The Balaban J connectivity index is -0.000000245. The Kier molecular flexibility index (Phi) is 21.1. The fourth-order valence-corrected chi connectivity index (χ4v) is 0.986. The molecule has 0 rings (SSSR count). The summed E-state index contributed by atoms with van der Waals surface area (Å²) in [5, 5.41) is 0. The summed E-state index contributed by atoms with van der Waals surface area (Å²) in [5.41, 5.74) is 0. The van der Waals surface area contributed by atoms with Gasteiger partial charge in [0.05, 0.1) is 0 Å². The SMILES string of the molecule is N.[CH2-]CCC(CC)CC.[Mg+2]. The first kappa shape index (κ1) is 17.0. The van der Waals surface area contributed by atoms with Gasteiger partial charge in [-0.05, 0) is 5.92 Å². The molecule has 0 aromatic rings. The van der Waals surface area contributed by atoms with E-state index in [-0.39, 0.29) is 29.2 Å². The summed E-state index contributed by atoms with van der Waals surface area (Å²) in [6.45, 7) is 8.33. The average Bonchev–Trinajstić information content (AvgIpc) is 1.83. The van der Waals surface area contributed by atoms with Gasteiger partial charge >= 0.3 is 23.1 Å². The molecule has 58 valence electrons. The van der Waals surface area contributed by atoms with Crippen LogP contribution in [0.4, 0.5) is 0 Å². The van der Waals surface area contributed by atoms with Gasteiger partial charge in [-0.1, -0.05) is 33.1 Å². The standard InChI is InChI=1S/C8H17.Mg.H3N/c1-4-7-8(5-2)6-3;;/h8H,1,4-7H2,2-3H3;;1H3/q-1;+2;. The van der Waals surface area contributed by atoms with E-state index in [4.69, 9.17) is 0 Å². The van der Waals surface area contributed by atoms with Gasteiger partial charge in [-0.15, -0.1) is 0 Å². The Morgan fingerprint density at radius 3 is 1.70 bits per heavy atom. The van der Waals surface area contributed by atoms with E-state index in [1.807, 2.05) is 0 Å². The summed E-state index contributed by atoms with van der Waals surface area (Å²) in [7, 11) is 0. The molecule has 1 nitrogen and oxygen atoms in total. The molecule has 0 aliphatic heterocycles. The second kappa shape index (κ2) is 12.4. The van der Waals surface area contributed by atoms with E-state index in [2.05, 4.69) is 20.8 Å². The van der Waals surface area contributed by atoms with Crippen LogP contribution in [-0.2, 0) is 0 Å².